The second kappa shape index (κ2) is 10.2. The van der Waals surface area contributed by atoms with Gasteiger partial charge in [-0.3, -0.25) is 4.79 Å². The van der Waals surface area contributed by atoms with Gasteiger partial charge in [-0.15, -0.1) is 0 Å². The van der Waals surface area contributed by atoms with Crippen molar-refractivity contribution >= 4 is 34.4 Å². The Bertz CT molecular complexity index is 1340. The summed E-state index contributed by atoms with van der Waals surface area (Å²) < 4.78 is 13.1. The Balaban J connectivity index is 1.24. The van der Waals surface area contributed by atoms with Crippen molar-refractivity contribution in [1.82, 2.24) is 24.6 Å². The first-order valence-corrected chi connectivity index (χ1v) is 11.8. The van der Waals surface area contributed by atoms with Crippen molar-refractivity contribution in [2.45, 2.75) is 6.92 Å². The van der Waals surface area contributed by atoms with Crippen LogP contribution in [-0.4, -0.2) is 69.9 Å². The number of benzene rings is 2. The largest absolute Gasteiger partial charge is 0.490 e. The Morgan fingerprint density at radius 1 is 1.00 bits per heavy atom. The van der Waals surface area contributed by atoms with E-state index in [0.29, 0.717) is 55.0 Å². The third-order valence-corrected chi connectivity index (χ3v) is 6.06. The SMILES string of the molecule is CCOc1ccccc1OCC(=O)N1CCN(c2ncnc3c2cnn3-c2cccc(Cl)c2)CC1. The third kappa shape index (κ3) is 4.85. The Labute approximate surface area is 207 Å². The molecular formula is C25H25ClN6O3. The van der Waals surface area contributed by atoms with Gasteiger partial charge >= 0.3 is 0 Å². The lowest BCUT2D eigenvalue weighted by Gasteiger charge is -2.35. The van der Waals surface area contributed by atoms with Crippen molar-refractivity contribution in [2.24, 2.45) is 0 Å². The first-order valence-electron chi connectivity index (χ1n) is 11.5. The molecule has 0 unspecified atom stereocenters. The minimum atomic E-state index is -0.0578. The molecule has 1 aliphatic rings. The van der Waals surface area contributed by atoms with E-state index >= 15 is 0 Å². The number of fused-ring (bicyclic) bond motifs is 1. The molecule has 2 aromatic heterocycles. The number of ether oxygens (including phenoxy) is 2. The molecule has 1 fully saturated rings. The van der Waals surface area contributed by atoms with E-state index in [9.17, 15) is 4.79 Å². The number of carbonyl (C=O) groups is 1. The van der Waals surface area contributed by atoms with Crippen LogP contribution in [0.1, 0.15) is 6.92 Å². The molecule has 4 aromatic rings. The van der Waals surface area contributed by atoms with Crippen LogP contribution in [0, 0.1) is 0 Å². The standard InChI is InChI=1S/C25H25ClN6O3/c1-2-34-21-8-3-4-9-22(21)35-16-23(33)30-10-12-31(13-11-30)24-20-15-29-32(25(20)28-17-27-24)19-7-5-6-18(26)14-19/h3-9,14-15,17H,2,10-13,16H2,1H3. The Kier molecular flexibility index (Phi) is 6.67. The summed E-state index contributed by atoms with van der Waals surface area (Å²) in [5.41, 5.74) is 1.54. The van der Waals surface area contributed by atoms with E-state index in [4.69, 9.17) is 21.1 Å². The first-order chi connectivity index (χ1) is 17.1. The molecule has 0 spiro atoms. The fourth-order valence-electron chi connectivity index (χ4n) is 4.12. The van der Waals surface area contributed by atoms with Gasteiger partial charge in [0.25, 0.3) is 5.91 Å². The molecule has 0 aliphatic carbocycles. The third-order valence-electron chi connectivity index (χ3n) is 5.83. The van der Waals surface area contributed by atoms with E-state index in [-0.39, 0.29) is 12.5 Å². The van der Waals surface area contributed by atoms with Crippen molar-refractivity contribution in [1.29, 1.82) is 0 Å². The van der Waals surface area contributed by atoms with Crippen molar-refractivity contribution in [3.8, 4) is 17.2 Å². The first kappa shape index (κ1) is 22.9. The number of hydrogen-bond acceptors (Lipinski definition) is 7. The summed E-state index contributed by atoms with van der Waals surface area (Å²) in [6.07, 6.45) is 3.31. The number of rotatable bonds is 7. The number of aromatic nitrogens is 4. The summed E-state index contributed by atoms with van der Waals surface area (Å²) in [5.74, 6) is 1.95. The molecule has 10 heteroatoms. The van der Waals surface area contributed by atoms with E-state index in [2.05, 4.69) is 20.0 Å². The maximum absolute atomic E-state index is 12.8. The normalized spacial score (nSPS) is 13.8. The number of nitrogens with zero attached hydrogens (tertiary/aromatic N) is 6. The zero-order chi connectivity index (χ0) is 24.2. The Hall–Kier alpha value is -3.85. The number of halogens is 1. The molecule has 0 N–H and O–H groups in total. The van der Waals surface area contributed by atoms with Gasteiger partial charge in [0.1, 0.15) is 12.1 Å². The lowest BCUT2D eigenvalue weighted by atomic mass is 10.2. The second-order valence-electron chi connectivity index (χ2n) is 8.01. The van der Waals surface area contributed by atoms with Crippen molar-refractivity contribution in [2.75, 3.05) is 44.3 Å². The van der Waals surface area contributed by atoms with Gasteiger partial charge in [-0.25, -0.2) is 14.6 Å². The van der Waals surface area contributed by atoms with Gasteiger partial charge in [-0.2, -0.15) is 5.10 Å². The predicted molar refractivity (Wildman–Crippen MR) is 134 cm³/mol. The molecule has 35 heavy (non-hydrogen) atoms. The van der Waals surface area contributed by atoms with Gasteiger partial charge in [0.05, 0.1) is 23.9 Å². The van der Waals surface area contributed by atoms with E-state index in [1.54, 1.807) is 23.3 Å². The van der Waals surface area contributed by atoms with Crippen molar-refractivity contribution in [3.05, 3.63) is 66.1 Å². The van der Waals surface area contributed by atoms with E-state index < -0.39 is 0 Å². The molecule has 5 rings (SSSR count). The van der Waals surface area contributed by atoms with Crippen LogP contribution in [0.4, 0.5) is 5.82 Å². The van der Waals surface area contributed by atoms with E-state index in [0.717, 1.165) is 16.9 Å². The molecule has 1 aliphatic heterocycles. The van der Waals surface area contributed by atoms with Crippen LogP contribution in [0.3, 0.4) is 0 Å². The minimum absolute atomic E-state index is 0.0335. The highest BCUT2D eigenvalue weighted by atomic mass is 35.5. The highest BCUT2D eigenvalue weighted by molar-refractivity contribution is 6.30. The van der Waals surface area contributed by atoms with Crippen LogP contribution in [0.2, 0.25) is 5.02 Å². The summed E-state index contributed by atoms with van der Waals surface area (Å²) in [4.78, 5) is 25.7. The molecular weight excluding hydrogens is 468 g/mol. The van der Waals surface area contributed by atoms with Crippen LogP contribution in [0.25, 0.3) is 16.7 Å². The van der Waals surface area contributed by atoms with Gasteiger partial charge in [0.2, 0.25) is 0 Å². The number of anilines is 1. The van der Waals surface area contributed by atoms with E-state index in [1.165, 1.54) is 0 Å². The molecule has 9 nitrogen and oxygen atoms in total. The topological polar surface area (TPSA) is 85.6 Å². The van der Waals surface area contributed by atoms with Gasteiger partial charge in [-0.1, -0.05) is 29.8 Å². The summed E-state index contributed by atoms with van der Waals surface area (Å²) >= 11 is 6.15. The highest BCUT2D eigenvalue weighted by Gasteiger charge is 2.24. The molecule has 180 valence electrons. The molecule has 0 bridgehead atoms. The van der Waals surface area contributed by atoms with Crippen molar-refractivity contribution in [3.63, 3.8) is 0 Å². The highest BCUT2D eigenvalue weighted by Crippen LogP contribution is 2.28. The molecule has 2 aromatic carbocycles. The summed E-state index contributed by atoms with van der Waals surface area (Å²) in [6.45, 7) is 4.85. The number of carbonyl (C=O) groups excluding carboxylic acids is 1. The lowest BCUT2D eigenvalue weighted by Crippen LogP contribution is -2.50. The van der Waals surface area contributed by atoms with Gasteiger partial charge in [0.15, 0.2) is 23.8 Å². The fourth-order valence-corrected chi connectivity index (χ4v) is 4.31. The summed E-state index contributed by atoms with van der Waals surface area (Å²) in [6, 6.07) is 14.8. The summed E-state index contributed by atoms with van der Waals surface area (Å²) in [7, 11) is 0. The molecule has 3 heterocycles. The van der Waals surface area contributed by atoms with Crippen LogP contribution in [0.15, 0.2) is 61.1 Å². The smallest absolute Gasteiger partial charge is 0.260 e. The molecule has 0 atom stereocenters. The quantitative estimate of drug-likeness (QED) is 0.389. The Morgan fingerprint density at radius 2 is 1.77 bits per heavy atom. The van der Waals surface area contributed by atoms with E-state index in [1.807, 2.05) is 54.3 Å². The fraction of sp³-hybridized carbons (Fsp3) is 0.280. The molecule has 0 radical (unpaired) electrons. The maximum atomic E-state index is 12.8. The number of amides is 1. The van der Waals surface area contributed by atoms with Crippen LogP contribution in [-0.2, 0) is 4.79 Å². The molecule has 0 saturated carbocycles. The Morgan fingerprint density at radius 3 is 2.51 bits per heavy atom. The summed E-state index contributed by atoms with van der Waals surface area (Å²) in [5, 5.41) is 6.00. The second-order valence-corrected chi connectivity index (χ2v) is 8.44. The van der Waals surface area contributed by atoms with Crippen LogP contribution < -0.4 is 14.4 Å². The lowest BCUT2D eigenvalue weighted by molar-refractivity contribution is -0.133. The average molecular weight is 493 g/mol. The van der Waals surface area contributed by atoms with Crippen LogP contribution in [0.5, 0.6) is 11.5 Å². The zero-order valence-corrected chi connectivity index (χ0v) is 20.1. The average Bonchev–Trinajstić information content (AvgIpc) is 3.33. The monoisotopic (exact) mass is 492 g/mol. The number of para-hydroxylation sites is 2. The zero-order valence-electron chi connectivity index (χ0n) is 19.3. The predicted octanol–water partition coefficient (Wildman–Crippen LogP) is 3.60. The minimum Gasteiger partial charge on any atom is -0.490 e. The maximum Gasteiger partial charge on any atom is 0.260 e. The number of hydrogen-bond donors (Lipinski definition) is 0. The molecule has 1 amide bonds. The number of piperazine rings is 1. The van der Waals surface area contributed by atoms with Gasteiger partial charge in [-0.05, 0) is 37.3 Å². The molecule has 1 saturated heterocycles. The van der Waals surface area contributed by atoms with Crippen molar-refractivity contribution < 1.29 is 14.3 Å². The van der Waals surface area contributed by atoms with Gasteiger partial charge in [0, 0.05) is 31.2 Å². The van der Waals surface area contributed by atoms with Crippen LogP contribution >= 0.6 is 11.6 Å². The van der Waals surface area contributed by atoms with Gasteiger partial charge < -0.3 is 19.3 Å².